The van der Waals surface area contributed by atoms with Crippen LogP contribution >= 0.6 is 23.2 Å². The van der Waals surface area contributed by atoms with Crippen LogP contribution in [0, 0.1) is 11.8 Å². The maximum absolute atomic E-state index is 13.7. The van der Waals surface area contributed by atoms with Gasteiger partial charge in [0.1, 0.15) is 0 Å². The zero-order valence-corrected chi connectivity index (χ0v) is 28.2. The van der Waals surface area contributed by atoms with Crippen LogP contribution in [-0.4, -0.2) is 46.5 Å². The predicted molar refractivity (Wildman–Crippen MR) is 174 cm³/mol. The van der Waals surface area contributed by atoms with E-state index in [9.17, 15) is 19.2 Å². The van der Waals surface area contributed by atoms with E-state index < -0.39 is 23.6 Å². The lowest BCUT2D eigenvalue weighted by molar-refractivity contribution is 0.0559. The largest absolute Gasteiger partial charge is 0.274 e. The molecule has 4 rings (SSSR count). The first-order chi connectivity index (χ1) is 20.2. The van der Waals surface area contributed by atoms with Crippen molar-refractivity contribution in [3.05, 3.63) is 44.4 Å². The minimum Gasteiger partial charge on any atom is -0.274 e. The van der Waals surface area contributed by atoms with Crippen LogP contribution in [-0.2, 0) is 0 Å². The second-order valence-electron chi connectivity index (χ2n) is 10.6. The molecule has 0 aliphatic carbocycles. The van der Waals surface area contributed by atoms with E-state index in [4.69, 9.17) is 23.2 Å². The summed E-state index contributed by atoms with van der Waals surface area (Å²) in [6, 6.07) is 2.96. The van der Waals surface area contributed by atoms with Gasteiger partial charge in [-0.05, 0) is 36.8 Å². The van der Waals surface area contributed by atoms with Crippen molar-refractivity contribution in [1.29, 1.82) is 0 Å². The Balaban J connectivity index is 0.00000148. The van der Waals surface area contributed by atoms with Crippen molar-refractivity contribution in [2.45, 2.75) is 107 Å². The number of carbonyl (C=O) groups excluding carboxylic acids is 4. The summed E-state index contributed by atoms with van der Waals surface area (Å²) in [5, 5.41) is 0.705. The molecule has 2 aliphatic heterocycles. The summed E-state index contributed by atoms with van der Waals surface area (Å²) >= 11 is 13.4. The fourth-order valence-corrected chi connectivity index (χ4v) is 6.32. The first-order valence-corrected chi connectivity index (χ1v) is 16.7. The summed E-state index contributed by atoms with van der Waals surface area (Å²) in [7, 11) is 0. The minimum absolute atomic E-state index is 0.0896. The zero-order valence-electron chi connectivity index (χ0n) is 26.7. The molecule has 0 bridgehead atoms. The number of nitrogens with zero attached hydrogens (tertiary/aromatic N) is 2. The fraction of sp³-hybridized carbons (Fsp3) is 0.588. The molecule has 0 aromatic heterocycles. The molecule has 8 heteroatoms. The smallest absolute Gasteiger partial charge is 0.262 e. The summed E-state index contributed by atoms with van der Waals surface area (Å²) < 4.78 is 0. The molecule has 6 nitrogen and oxygen atoms in total. The molecular weight excluding hydrogens is 571 g/mol. The Hall–Kier alpha value is -2.44. The maximum Gasteiger partial charge on any atom is 0.262 e. The van der Waals surface area contributed by atoms with Crippen LogP contribution in [0.1, 0.15) is 148 Å². The van der Waals surface area contributed by atoms with Crippen molar-refractivity contribution in [2.75, 3.05) is 13.1 Å². The highest BCUT2D eigenvalue weighted by molar-refractivity contribution is 6.45. The second-order valence-corrected chi connectivity index (χ2v) is 11.4. The summed E-state index contributed by atoms with van der Waals surface area (Å²) in [6.07, 6.45) is 7.58. The van der Waals surface area contributed by atoms with E-state index in [1.807, 2.05) is 34.6 Å². The van der Waals surface area contributed by atoms with Crippen molar-refractivity contribution in [1.82, 2.24) is 9.80 Å². The van der Waals surface area contributed by atoms with Crippen molar-refractivity contribution >= 4 is 57.6 Å². The van der Waals surface area contributed by atoms with Gasteiger partial charge in [0.25, 0.3) is 23.6 Å². The van der Waals surface area contributed by atoms with Crippen molar-refractivity contribution in [3.8, 4) is 0 Å². The van der Waals surface area contributed by atoms with Crippen LogP contribution in [0.3, 0.4) is 0 Å². The van der Waals surface area contributed by atoms with Crippen LogP contribution in [0.5, 0.6) is 0 Å². The van der Waals surface area contributed by atoms with E-state index in [0.717, 1.165) is 51.4 Å². The van der Waals surface area contributed by atoms with Crippen molar-refractivity contribution < 1.29 is 19.2 Å². The molecule has 0 saturated carbocycles. The molecule has 232 valence electrons. The van der Waals surface area contributed by atoms with Gasteiger partial charge in [-0.15, -0.1) is 0 Å². The first kappa shape index (κ1) is 35.8. The van der Waals surface area contributed by atoms with E-state index in [-0.39, 0.29) is 56.1 Å². The molecule has 0 radical (unpaired) electrons. The molecule has 0 fully saturated rings. The van der Waals surface area contributed by atoms with Gasteiger partial charge in [0.05, 0.1) is 32.3 Å². The second kappa shape index (κ2) is 16.4. The van der Waals surface area contributed by atoms with Crippen LogP contribution < -0.4 is 0 Å². The molecular formula is C34H48Cl2N2O4. The lowest BCUT2D eigenvalue weighted by Crippen LogP contribution is -2.46. The molecule has 0 N–H and O–H groups in total. The first-order valence-electron chi connectivity index (χ1n) is 15.9. The number of benzene rings is 2. The van der Waals surface area contributed by atoms with Gasteiger partial charge in [-0.2, -0.15) is 0 Å². The Morgan fingerprint density at radius 2 is 0.952 bits per heavy atom. The third-order valence-corrected chi connectivity index (χ3v) is 8.74. The Morgan fingerprint density at radius 1 is 0.595 bits per heavy atom. The summed E-state index contributed by atoms with van der Waals surface area (Å²) in [4.78, 5) is 57.2. The average molecular weight is 620 g/mol. The van der Waals surface area contributed by atoms with Gasteiger partial charge < -0.3 is 0 Å². The lowest BCUT2D eigenvalue weighted by atomic mass is 9.84. The third kappa shape index (κ3) is 6.86. The van der Waals surface area contributed by atoms with E-state index in [1.165, 1.54) is 21.9 Å². The Morgan fingerprint density at radius 3 is 1.29 bits per heavy atom. The topological polar surface area (TPSA) is 74.8 Å². The molecule has 2 heterocycles. The number of amides is 4. The van der Waals surface area contributed by atoms with Crippen molar-refractivity contribution in [2.24, 2.45) is 11.8 Å². The molecule has 4 amide bonds. The maximum atomic E-state index is 13.7. The Kier molecular flexibility index (Phi) is 14.0. The van der Waals surface area contributed by atoms with Crippen LogP contribution in [0.4, 0.5) is 0 Å². The lowest BCUT2D eigenvalue weighted by Gasteiger charge is -2.35. The predicted octanol–water partition coefficient (Wildman–Crippen LogP) is 9.82. The molecule has 2 atom stereocenters. The van der Waals surface area contributed by atoms with Crippen LogP contribution in [0.2, 0.25) is 10.0 Å². The number of hydrogen-bond donors (Lipinski definition) is 0. The number of unbranched alkanes of at least 4 members (excludes halogenated alkanes) is 2. The number of imide groups is 2. The number of halogens is 2. The SMILES string of the molecule is CC.CC.CCCCC(CC)CN1C(=O)c2cc(Cl)c3c4c(c(Cl)cc(c24)C1=O)C(=O)N(CC(CC)CCCC)C3=O. The number of hydrogen-bond acceptors (Lipinski definition) is 4. The third-order valence-electron chi connectivity index (χ3n) is 8.15. The van der Waals surface area contributed by atoms with Gasteiger partial charge in [-0.1, -0.05) is 117 Å². The average Bonchev–Trinajstić information content (AvgIpc) is 3.00. The van der Waals surface area contributed by atoms with E-state index in [0.29, 0.717) is 11.9 Å². The number of rotatable bonds is 12. The van der Waals surface area contributed by atoms with Crippen LogP contribution in [0.15, 0.2) is 12.1 Å². The van der Waals surface area contributed by atoms with Crippen LogP contribution in [0.25, 0.3) is 10.8 Å². The highest BCUT2D eigenvalue weighted by Gasteiger charge is 2.43. The van der Waals surface area contributed by atoms with E-state index >= 15 is 0 Å². The number of carbonyl (C=O) groups is 4. The van der Waals surface area contributed by atoms with Gasteiger partial charge in [0.2, 0.25) is 0 Å². The summed E-state index contributed by atoms with van der Waals surface area (Å²) in [6.45, 7) is 16.9. The molecule has 2 aromatic rings. The van der Waals surface area contributed by atoms with Crippen molar-refractivity contribution in [3.63, 3.8) is 0 Å². The molecule has 0 saturated heterocycles. The monoisotopic (exact) mass is 618 g/mol. The van der Waals surface area contributed by atoms with E-state index in [1.54, 1.807) is 0 Å². The molecule has 0 spiro atoms. The fourth-order valence-electron chi connectivity index (χ4n) is 5.75. The highest BCUT2D eigenvalue weighted by Crippen LogP contribution is 2.44. The molecule has 2 aliphatic rings. The van der Waals surface area contributed by atoms with Gasteiger partial charge in [-0.25, -0.2) is 0 Å². The summed E-state index contributed by atoms with van der Waals surface area (Å²) in [5.41, 5.74) is 0.736. The molecule has 2 aromatic carbocycles. The molecule has 42 heavy (non-hydrogen) atoms. The van der Waals surface area contributed by atoms with Gasteiger partial charge in [-0.3, -0.25) is 29.0 Å². The van der Waals surface area contributed by atoms with Gasteiger partial charge in [0, 0.05) is 23.9 Å². The Bertz CT molecular complexity index is 1230. The normalized spacial score (nSPS) is 15.3. The minimum atomic E-state index is -0.504. The zero-order chi connectivity index (χ0) is 31.7. The standard InChI is InChI=1S/C30H36Cl2N2O4.2C2H6/c1-5-9-11-17(7-3)15-33-27(35)19-13-21(31)24-26-23(19)20(28(33)36)14-22(32)25(26)30(38)34(29(24)37)16-18(8-4)12-10-6-2;2*1-2/h13-14,17-18H,5-12,15-16H2,1-4H3;2*1-2H3. The van der Waals surface area contributed by atoms with E-state index in [2.05, 4.69) is 20.8 Å². The van der Waals surface area contributed by atoms with Gasteiger partial charge in [0.15, 0.2) is 0 Å². The highest BCUT2D eigenvalue weighted by atomic mass is 35.5. The summed E-state index contributed by atoms with van der Waals surface area (Å²) in [5.74, 6) is -1.57. The van der Waals surface area contributed by atoms with Gasteiger partial charge >= 0.3 is 0 Å². The quantitative estimate of drug-likeness (QED) is 0.222. The Labute approximate surface area is 262 Å². The molecule has 2 unspecified atom stereocenters.